The quantitative estimate of drug-likeness (QED) is 0.179. The minimum absolute atomic E-state index is 0.0859. The molecule has 0 radical (unpaired) electrons. The number of unbranched alkanes of at least 4 members (excludes halogenated alkanes) is 2. The molecule has 0 aromatic heterocycles. The van der Waals surface area contributed by atoms with Gasteiger partial charge in [0.25, 0.3) is 0 Å². The summed E-state index contributed by atoms with van der Waals surface area (Å²) in [5.41, 5.74) is 2.39. The molecule has 0 aliphatic carbocycles. The van der Waals surface area contributed by atoms with Crippen molar-refractivity contribution >= 4 is 34.4 Å². The van der Waals surface area contributed by atoms with Crippen molar-refractivity contribution in [1.82, 2.24) is 0 Å². The minimum atomic E-state index is -0.0859. The summed E-state index contributed by atoms with van der Waals surface area (Å²) in [7, 11) is 0. The molecule has 5 heteroatoms. The maximum absolute atomic E-state index is 6.62. The van der Waals surface area contributed by atoms with Crippen LogP contribution in [0.5, 0.6) is 17.2 Å². The van der Waals surface area contributed by atoms with Crippen LogP contribution in [0.4, 0.5) is 0 Å². The molecule has 4 rings (SSSR count). The van der Waals surface area contributed by atoms with Crippen LogP contribution in [0.3, 0.4) is 0 Å². The Labute approximate surface area is 215 Å². The van der Waals surface area contributed by atoms with Gasteiger partial charge in [0.15, 0.2) is 0 Å². The van der Waals surface area contributed by atoms with Crippen molar-refractivity contribution in [2.75, 3.05) is 13.2 Å². The fourth-order valence-corrected chi connectivity index (χ4v) is 5.42. The fourth-order valence-electron chi connectivity index (χ4n) is 3.75. The SMILES string of the molecule is CCCCOc1cccc([C@@H]2Sc3cc(OCCCC)ccc3O[C@@H]2c2ccc(I)cc2)c1. The predicted octanol–water partition coefficient (Wildman–Crippen LogP) is 8.62. The third kappa shape index (κ3) is 6.38. The highest BCUT2D eigenvalue weighted by molar-refractivity contribution is 14.1. The van der Waals surface area contributed by atoms with E-state index in [1.54, 1.807) is 0 Å². The van der Waals surface area contributed by atoms with E-state index in [-0.39, 0.29) is 11.4 Å². The number of ether oxygens (including phenoxy) is 3. The van der Waals surface area contributed by atoms with Gasteiger partial charge in [-0.3, -0.25) is 0 Å². The zero-order valence-corrected chi connectivity index (χ0v) is 22.2. The molecule has 0 saturated carbocycles. The van der Waals surface area contributed by atoms with Crippen LogP contribution in [0.15, 0.2) is 71.6 Å². The molecule has 0 saturated heterocycles. The second-order valence-electron chi connectivity index (χ2n) is 8.21. The Morgan fingerprint density at radius 1 is 0.818 bits per heavy atom. The predicted molar refractivity (Wildman–Crippen MR) is 145 cm³/mol. The van der Waals surface area contributed by atoms with Crippen LogP contribution in [-0.4, -0.2) is 13.2 Å². The van der Waals surface area contributed by atoms with E-state index in [2.05, 4.69) is 85.0 Å². The molecule has 0 spiro atoms. The highest BCUT2D eigenvalue weighted by Gasteiger charge is 2.34. The van der Waals surface area contributed by atoms with Crippen molar-refractivity contribution in [3.8, 4) is 17.2 Å². The van der Waals surface area contributed by atoms with Crippen molar-refractivity contribution in [2.24, 2.45) is 0 Å². The van der Waals surface area contributed by atoms with Crippen molar-refractivity contribution < 1.29 is 14.2 Å². The normalized spacial score (nSPS) is 17.2. The minimum Gasteiger partial charge on any atom is -0.494 e. The lowest BCUT2D eigenvalue weighted by atomic mass is 10.00. The van der Waals surface area contributed by atoms with Gasteiger partial charge in [0.2, 0.25) is 0 Å². The van der Waals surface area contributed by atoms with Gasteiger partial charge in [-0.15, -0.1) is 11.8 Å². The van der Waals surface area contributed by atoms with Crippen LogP contribution < -0.4 is 14.2 Å². The molecule has 0 amide bonds. The molecular formula is C28H31IO3S. The van der Waals surface area contributed by atoms with E-state index < -0.39 is 0 Å². The van der Waals surface area contributed by atoms with Gasteiger partial charge in [0, 0.05) is 3.57 Å². The maximum atomic E-state index is 6.62. The Morgan fingerprint density at radius 3 is 2.21 bits per heavy atom. The zero-order valence-electron chi connectivity index (χ0n) is 19.3. The van der Waals surface area contributed by atoms with E-state index >= 15 is 0 Å². The summed E-state index contributed by atoms with van der Waals surface area (Å²) >= 11 is 4.19. The monoisotopic (exact) mass is 574 g/mol. The summed E-state index contributed by atoms with van der Waals surface area (Å²) < 4.78 is 19.8. The third-order valence-electron chi connectivity index (χ3n) is 5.62. The first-order valence-corrected chi connectivity index (χ1v) is 13.7. The summed E-state index contributed by atoms with van der Waals surface area (Å²) in [4.78, 5) is 1.12. The molecule has 3 aromatic rings. The molecule has 0 N–H and O–H groups in total. The summed E-state index contributed by atoms with van der Waals surface area (Å²) in [6.45, 7) is 5.84. The summed E-state index contributed by atoms with van der Waals surface area (Å²) in [6.07, 6.45) is 4.28. The van der Waals surface area contributed by atoms with Crippen molar-refractivity contribution in [2.45, 2.75) is 55.8 Å². The Kier molecular flexibility index (Phi) is 8.84. The van der Waals surface area contributed by atoms with Gasteiger partial charge in [0.05, 0.1) is 23.4 Å². The van der Waals surface area contributed by atoms with E-state index in [0.29, 0.717) is 0 Å². The smallest absolute Gasteiger partial charge is 0.140 e. The van der Waals surface area contributed by atoms with Crippen molar-refractivity contribution in [1.29, 1.82) is 0 Å². The summed E-state index contributed by atoms with van der Waals surface area (Å²) in [5, 5.41) is 0.109. The lowest BCUT2D eigenvalue weighted by molar-refractivity contribution is 0.190. The van der Waals surface area contributed by atoms with Gasteiger partial charge in [-0.2, -0.15) is 0 Å². The summed E-state index contributed by atoms with van der Waals surface area (Å²) in [5.74, 6) is 2.74. The highest BCUT2D eigenvalue weighted by atomic mass is 127. The van der Waals surface area contributed by atoms with E-state index in [4.69, 9.17) is 14.2 Å². The average molecular weight is 575 g/mol. The number of thioether (sulfide) groups is 1. The number of benzene rings is 3. The van der Waals surface area contributed by atoms with E-state index in [0.717, 1.165) is 61.0 Å². The Balaban J connectivity index is 1.64. The first-order chi connectivity index (χ1) is 16.2. The average Bonchev–Trinajstić information content (AvgIpc) is 2.84. The third-order valence-corrected chi connectivity index (χ3v) is 7.68. The second kappa shape index (κ2) is 12.0. The molecule has 33 heavy (non-hydrogen) atoms. The molecular weight excluding hydrogens is 543 g/mol. The molecule has 3 aromatic carbocycles. The Bertz CT molecular complexity index is 1040. The van der Waals surface area contributed by atoms with Crippen LogP contribution in [-0.2, 0) is 0 Å². The molecule has 0 bridgehead atoms. The van der Waals surface area contributed by atoms with E-state index in [1.165, 1.54) is 14.7 Å². The first-order valence-electron chi connectivity index (χ1n) is 11.8. The number of rotatable bonds is 10. The van der Waals surface area contributed by atoms with E-state index in [1.807, 2.05) is 30.0 Å². The molecule has 174 valence electrons. The largest absolute Gasteiger partial charge is 0.494 e. The summed E-state index contributed by atoms with van der Waals surface area (Å²) in [6, 6.07) is 23.3. The molecule has 1 aliphatic rings. The van der Waals surface area contributed by atoms with Gasteiger partial charge in [0.1, 0.15) is 23.4 Å². The first kappa shape index (κ1) is 24.3. The van der Waals surface area contributed by atoms with Gasteiger partial charge in [-0.25, -0.2) is 0 Å². The topological polar surface area (TPSA) is 27.7 Å². The van der Waals surface area contributed by atoms with Crippen LogP contribution in [0.1, 0.15) is 62.0 Å². The van der Waals surface area contributed by atoms with Crippen molar-refractivity contribution in [3.63, 3.8) is 0 Å². The second-order valence-corrected chi connectivity index (χ2v) is 10.6. The number of hydrogen-bond donors (Lipinski definition) is 0. The molecule has 0 unspecified atom stereocenters. The molecule has 1 aliphatic heterocycles. The van der Waals surface area contributed by atoms with Crippen LogP contribution in [0.2, 0.25) is 0 Å². The van der Waals surface area contributed by atoms with Gasteiger partial charge < -0.3 is 14.2 Å². The zero-order chi connectivity index (χ0) is 23.0. The molecule has 3 nitrogen and oxygen atoms in total. The Morgan fingerprint density at radius 2 is 1.52 bits per heavy atom. The lowest BCUT2D eigenvalue weighted by Gasteiger charge is -2.34. The number of fused-ring (bicyclic) bond motifs is 1. The molecule has 2 atom stereocenters. The number of hydrogen-bond acceptors (Lipinski definition) is 4. The van der Waals surface area contributed by atoms with Crippen LogP contribution >= 0.6 is 34.4 Å². The highest BCUT2D eigenvalue weighted by Crippen LogP contribution is 2.54. The lowest BCUT2D eigenvalue weighted by Crippen LogP contribution is -2.19. The van der Waals surface area contributed by atoms with Crippen LogP contribution in [0.25, 0.3) is 0 Å². The van der Waals surface area contributed by atoms with Gasteiger partial charge in [-0.1, -0.05) is 51.0 Å². The van der Waals surface area contributed by atoms with E-state index in [9.17, 15) is 0 Å². The Hall–Kier alpha value is -1.86. The standard InChI is InChI=1S/C28H31IO3S/c1-3-5-16-30-23-9-7-8-21(18-23)28-27(20-10-12-22(29)13-11-20)32-25-15-14-24(19-26(25)33-28)31-17-6-4-2/h7-15,18-19,27-28H,3-6,16-17H2,1-2H3/t27-,28+/m1/s1. The molecule has 0 fully saturated rings. The number of halogens is 1. The van der Waals surface area contributed by atoms with Gasteiger partial charge >= 0.3 is 0 Å². The fraction of sp³-hybridized carbons (Fsp3) is 0.357. The molecule has 1 heterocycles. The maximum Gasteiger partial charge on any atom is 0.140 e. The van der Waals surface area contributed by atoms with Gasteiger partial charge in [-0.05, 0) is 89.0 Å². The van der Waals surface area contributed by atoms with Crippen molar-refractivity contribution in [3.05, 3.63) is 81.4 Å². The van der Waals surface area contributed by atoms with Crippen LogP contribution in [0, 0.1) is 3.57 Å².